The van der Waals surface area contributed by atoms with Gasteiger partial charge in [-0.05, 0) is 36.8 Å². The fourth-order valence-electron chi connectivity index (χ4n) is 4.27. The minimum absolute atomic E-state index is 0.0455. The summed E-state index contributed by atoms with van der Waals surface area (Å²) in [4.78, 5) is 30.0. The molecule has 0 spiro atoms. The van der Waals surface area contributed by atoms with Crippen LogP contribution in [0.15, 0.2) is 72.3 Å². The molecule has 1 unspecified atom stereocenters. The number of ketones is 1. The molecule has 0 bridgehead atoms. The first-order valence-electron chi connectivity index (χ1n) is 10.9. The van der Waals surface area contributed by atoms with Crippen molar-refractivity contribution >= 4 is 28.8 Å². The summed E-state index contributed by atoms with van der Waals surface area (Å²) in [7, 11) is 3.87. The molecule has 3 aromatic carbocycles. The third-order valence-corrected chi connectivity index (χ3v) is 6.13. The summed E-state index contributed by atoms with van der Waals surface area (Å²) in [5.41, 5.74) is 3.70. The number of aliphatic hydroxyl groups excluding tert-OH is 1. The fraction of sp³-hybridized carbons (Fsp3) is 0.185. The summed E-state index contributed by atoms with van der Waals surface area (Å²) in [5.74, 6) is -0.582. The Balaban J connectivity index is 1.69. The topological polar surface area (TPSA) is 79.3 Å². The molecule has 1 saturated heterocycles. The number of benzene rings is 3. The van der Waals surface area contributed by atoms with Crippen molar-refractivity contribution in [2.75, 3.05) is 30.7 Å². The number of nitrogens with zero attached hydrogens (tertiary/aromatic N) is 2. The number of anilines is 2. The molecule has 1 atom stereocenters. The lowest BCUT2D eigenvalue weighted by Gasteiger charge is -2.26. The first-order valence-corrected chi connectivity index (χ1v) is 10.9. The summed E-state index contributed by atoms with van der Waals surface area (Å²) in [6.45, 7) is 2.04. The van der Waals surface area contributed by atoms with Crippen LogP contribution in [0.5, 0.6) is 11.5 Å². The lowest BCUT2D eigenvalue weighted by atomic mass is 9.94. The normalized spacial score (nSPS) is 18.4. The number of hydrogen-bond acceptors (Lipinski definition) is 6. The number of carbonyl (C=O) groups is 2. The van der Waals surface area contributed by atoms with Gasteiger partial charge in [-0.3, -0.25) is 14.5 Å². The Hall–Kier alpha value is -4.26. The minimum atomic E-state index is -0.808. The van der Waals surface area contributed by atoms with Gasteiger partial charge in [-0.25, -0.2) is 0 Å². The van der Waals surface area contributed by atoms with Crippen molar-refractivity contribution in [1.29, 1.82) is 0 Å². The van der Waals surface area contributed by atoms with E-state index in [1.807, 2.05) is 62.3 Å². The van der Waals surface area contributed by atoms with Crippen molar-refractivity contribution in [1.82, 2.24) is 0 Å². The predicted molar refractivity (Wildman–Crippen MR) is 129 cm³/mol. The highest BCUT2D eigenvalue weighted by Gasteiger charge is 2.47. The molecule has 0 aliphatic carbocycles. The summed E-state index contributed by atoms with van der Waals surface area (Å²) >= 11 is 0. The van der Waals surface area contributed by atoms with E-state index in [1.54, 1.807) is 30.3 Å². The van der Waals surface area contributed by atoms with Crippen LogP contribution in [-0.4, -0.2) is 37.7 Å². The summed E-state index contributed by atoms with van der Waals surface area (Å²) in [6.07, 6.45) is 0. The van der Waals surface area contributed by atoms with Crippen molar-refractivity contribution in [3.63, 3.8) is 0 Å². The molecule has 5 rings (SSSR count). The third-order valence-electron chi connectivity index (χ3n) is 6.13. The number of ether oxygens (including phenoxy) is 2. The number of Topliss-reactive ketones (excluding diaryl/α,β-unsaturated/α-hetero) is 1. The van der Waals surface area contributed by atoms with Gasteiger partial charge in [0.05, 0.1) is 11.6 Å². The van der Waals surface area contributed by atoms with Crippen LogP contribution < -0.4 is 19.3 Å². The molecule has 1 fully saturated rings. The zero-order chi connectivity index (χ0) is 24.0. The van der Waals surface area contributed by atoms with Crippen molar-refractivity contribution in [3.05, 3.63) is 89.0 Å². The van der Waals surface area contributed by atoms with Crippen LogP contribution in [0.2, 0.25) is 0 Å². The Bertz CT molecular complexity index is 1310. The van der Waals surface area contributed by atoms with Gasteiger partial charge in [-0.2, -0.15) is 0 Å². The van der Waals surface area contributed by atoms with E-state index in [-0.39, 0.29) is 18.1 Å². The third kappa shape index (κ3) is 3.55. The van der Waals surface area contributed by atoms with E-state index in [9.17, 15) is 14.7 Å². The maximum Gasteiger partial charge on any atom is 0.300 e. The summed E-state index contributed by atoms with van der Waals surface area (Å²) < 4.78 is 10.9. The average molecular weight is 456 g/mol. The van der Waals surface area contributed by atoms with Gasteiger partial charge in [-0.15, -0.1) is 0 Å². The van der Waals surface area contributed by atoms with Crippen LogP contribution in [0.4, 0.5) is 11.4 Å². The molecule has 3 aromatic rings. The van der Waals surface area contributed by atoms with Crippen LogP contribution in [0.1, 0.15) is 22.7 Å². The molecule has 1 amide bonds. The van der Waals surface area contributed by atoms with Gasteiger partial charge in [0.2, 0.25) is 6.79 Å². The van der Waals surface area contributed by atoms with Gasteiger partial charge in [-0.1, -0.05) is 42.0 Å². The first kappa shape index (κ1) is 21.6. The Morgan fingerprint density at radius 1 is 0.941 bits per heavy atom. The molecule has 2 aliphatic rings. The first-order chi connectivity index (χ1) is 16.3. The monoisotopic (exact) mass is 456 g/mol. The molecule has 34 heavy (non-hydrogen) atoms. The van der Waals surface area contributed by atoms with Crippen LogP contribution in [0, 0.1) is 6.92 Å². The molecule has 172 valence electrons. The maximum absolute atomic E-state index is 13.3. The van der Waals surface area contributed by atoms with E-state index < -0.39 is 17.7 Å². The van der Waals surface area contributed by atoms with Crippen molar-refractivity contribution in [2.24, 2.45) is 0 Å². The van der Waals surface area contributed by atoms with Crippen molar-refractivity contribution in [3.8, 4) is 11.5 Å². The zero-order valence-electron chi connectivity index (χ0n) is 19.1. The number of aryl methyl sites for hydroxylation is 1. The summed E-state index contributed by atoms with van der Waals surface area (Å²) in [6, 6.07) is 19.1. The van der Waals surface area contributed by atoms with E-state index in [0.29, 0.717) is 28.3 Å². The highest BCUT2D eigenvalue weighted by atomic mass is 16.7. The Morgan fingerprint density at radius 2 is 1.62 bits per heavy atom. The van der Waals surface area contributed by atoms with E-state index in [0.717, 1.165) is 11.3 Å². The molecule has 0 radical (unpaired) electrons. The van der Waals surface area contributed by atoms with Crippen LogP contribution in [-0.2, 0) is 9.59 Å². The SMILES string of the molecule is Cc1ccc(/C(O)=C2\C(=O)C(=O)N(c3ccc4c(c3)OCO4)C2c2ccc(N(C)C)cc2)cc1. The van der Waals surface area contributed by atoms with Gasteiger partial charge in [0, 0.05) is 37.1 Å². The van der Waals surface area contributed by atoms with Gasteiger partial charge in [0.15, 0.2) is 11.5 Å². The van der Waals surface area contributed by atoms with Gasteiger partial charge in [0.1, 0.15) is 5.76 Å². The maximum atomic E-state index is 13.3. The van der Waals surface area contributed by atoms with Gasteiger partial charge in [0.25, 0.3) is 11.7 Å². The Morgan fingerprint density at radius 3 is 2.29 bits per heavy atom. The van der Waals surface area contributed by atoms with Crippen molar-refractivity contribution in [2.45, 2.75) is 13.0 Å². The van der Waals surface area contributed by atoms with Crippen LogP contribution in [0.25, 0.3) is 5.76 Å². The largest absolute Gasteiger partial charge is 0.507 e. The smallest absolute Gasteiger partial charge is 0.300 e. The number of carbonyl (C=O) groups excluding carboxylic acids is 2. The zero-order valence-corrected chi connectivity index (χ0v) is 19.1. The average Bonchev–Trinajstić information content (AvgIpc) is 3.41. The minimum Gasteiger partial charge on any atom is -0.507 e. The standard InChI is InChI=1S/C27H24N2O5/c1-16-4-6-18(7-5-16)25(30)23-24(17-8-10-19(11-9-17)28(2)3)29(27(32)26(23)31)20-12-13-21-22(14-20)34-15-33-21/h4-14,24,30H,15H2,1-3H3/b25-23+. The molecular weight excluding hydrogens is 432 g/mol. The number of fused-ring (bicyclic) bond motifs is 1. The molecule has 0 saturated carbocycles. The molecule has 7 heteroatoms. The lowest BCUT2D eigenvalue weighted by Crippen LogP contribution is -2.29. The van der Waals surface area contributed by atoms with Crippen LogP contribution in [0.3, 0.4) is 0 Å². The van der Waals surface area contributed by atoms with Gasteiger partial charge >= 0.3 is 0 Å². The Labute approximate surface area is 197 Å². The predicted octanol–water partition coefficient (Wildman–Crippen LogP) is 4.42. The quantitative estimate of drug-likeness (QED) is 0.356. The van der Waals surface area contributed by atoms with Gasteiger partial charge < -0.3 is 19.5 Å². The highest BCUT2D eigenvalue weighted by molar-refractivity contribution is 6.51. The Kier molecular flexibility index (Phi) is 5.24. The van der Waals surface area contributed by atoms with E-state index in [4.69, 9.17) is 9.47 Å². The second kappa shape index (κ2) is 8.26. The summed E-state index contributed by atoms with van der Waals surface area (Å²) in [5, 5.41) is 11.2. The highest BCUT2D eigenvalue weighted by Crippen LogP contribution is 2.45. The van der Waals surface area contributed by atoms with Crippen molar-refractivity contribution < 1.29 is 24.2 Å². The number of aliphatic hydroxyl groups is 1. The molecule has 7 nitrogen and oxygen atoms in total. The molecular formula is C27H24N2O5. The fourth-order valence-corrected chi connectivity index (χ4v) is 4.27. The number of rotatable bonds is 4. The second-order valence-electron chi connectivity index (χ2n) is 8.56. The lowest BCUT2D eigenvalue weighted by molar-refractivity contribution is -0.132. The molecule has 2 aliphatic heterocycles. The van der Waals surface area contributed by atoms with Crippen LogP contribution >= 0.6 is 0 Å². The molecule has 1 N–H and O–H groups in total. The number of hydrogen-bond donors (Lipinski definition) is 1. The van der Waals surface area contributed by atoms with E-state index >= 15 is 0 Å². The molecule has 0 aromatic heterocycles. The number of amides is 1. The van der Waals surface area contributed by atoms with E-state index in [1.165, 1.54) is 4.90 Å². The molecule has 2 heterocycles. The van der Waals surface area contributed by atoms with E-state index in [2.05, 4.69) is 0 Å². The second-order valence-corrected chi connectivity index (χ2v) is 8.56.